The Labute approximate surface area is 122 Å². The predicted octanol–water partition coefficient (Wildman–Crippen LogP) is 2.13. The number of nitrogens with one attached hydrogen (secondary N) is 1. The number of benzene rings is 1. The second kappa shape index (κ2) is 5.51. The van der Waals surface area contributed by atoms with E-state index >= 15 is 0 Å². The number of nitrogen functional groups attached to an aromatic ring is 1. The summed E-state index contributed by atoms with van der Waals surface area (Å²) in [4.78, 5) is 4.41. The SMILES string of the molecule is Cc1nc(CNS(=O)(=O)c2cc(C)c(C)c(N)c2)cs1. The summed E-state index contributed by atoms with van der Waals surface area (Å²) < 4.78 is 27.0. The Hall–Kier alpha value is -1.44. The van der Waals surface area contributed by atoms with Gasteiger partial charge < -0.3 is 5.73 Å². The maximum absolute atomic E-state index is 12.2. The number of hydrogen-bond acceptors (Lipinski definition) is 5. The summed E-state index contributed by atoms with van der Waals surface area (Å²) in [6.45, 7) is 5.77. The number of hydrogen-bond donors (Lipinski definition) is 2. The first-order chi connectivity index (χ1) is 9.29. The molecule has 0 aliphatic carbocycles. The molecule has 0 amide bonds. The van der Waals surface area contributed by atoms with Crippen LogP contribution in [-0.2, 0) is 16.6 Å². The van der Waals surface area contributed by atoms with Gasteiger partial charge in [0.2, 0.25) is 10.0 Å². The van der Waals surface area contributed by atoms with Gasteiger partial charge in [-0.2, -0.15) is 0 Å². The molecule has 0 fully saturated rings. The lowest BCUT2D eigenvalue weighted by atomic mass is 10.1. The molecule has 0 spiro atoms. The molecule has 1 aromatic carbocycles. The molecule has 0 bridgehead atoms. The van der Waals surface area contributed by atoms with E-state index in [0.717, 1.165) is 16.1 Å². The molecule has 1 aromatic heterocycles. The first-order valence-corrected chi connectivity index (χ1v) is 8.43. The molecule has 2 rings (SSSR count). The van der Waals surface area contributed by atoms with Gasteiger partial charge in [0.05, 0.1) is 22.1 Å². The van der Waals surface area contributed by atoms with Crippen LogP contribution in [-0.4, -0.2) is 13.4 Å². The lowest BCUT2D eigenvalue weighted by molar-refractivity contribution is 0.580. The van der Waals surface area contributed by atoms with E-state index in [0.29, 0.717) is 11.4 Å². The first-order valence-electron chi connectivity index (χ1n) is 6.07. The zero-order chi connectivity index (χ0) is 14.9. The summed E-state index contributed by atoms with van der Waals surface area (Å²) in [5, 5.41) is 2.75. The smallest absolute Gasteiger partial charge is 0.241 e. The Morgan fingerprint density at radius 3 is 2.55 bits per heavy atom. The molecule has 7 heteroatoms. The van der Waals surface area contributed by atoms with E-state index < -0.39 is 10.0 Å². The fourth-order valence-electron chi connectivity index (χ4n) is 1.75. The standard InChI is InChI=1S/C13H17N3O2S2/c1-8-4-12(5-13(14)9(8)2)20(17,18)15-6-11-7-19-10(3)16-11/h4-5,7,15H,6,14H2,1-3H3. The quantitative estimate of drug-likeness (QED) is 0.847. The molecule has 20 heavy (non-hydrogen) atoms. The summed E-state index contributed by atoms with van der Waals surface area (Å²) in [5.41, 5.74) is 8.78. The fourth-order valence-corrected chi connectivity index (χ4v) is 3.48. The van der Waals surface area contributed by atoms with Crippen LogP contribution in [0.2, 0.25) is 0 Å². The Bertz CT molecular complexity index is 713. The van der Waals surface area contributed by atoms with E-state index in [9.17, 15) is 8.42 Å². The number of rotatable bonds is 4. The van der Waals surface area contributed by atoms with Crippen LogP contribution in [0.25, 0.3) is 0 Å². The average molecular weight is 311 g/mol. The lowest BCUT2D eigenvalue weighted by Crippen LogP contribution is -2.23. The molecule has 1 heterocycles. The van der Waals surface area contributed by atoms with Crippen LogP contribution in [0, 0.1) is 20.8 Å². The topological polar surface area (TPSA) is 85.1 Å². The zero-order valence-corrected chi connectivity index (χ0v) is 13.2. The third kappa shape index (κ3) is 3.17. The molecule has 5 nitrogen and oxygen atoms in total. The van der Waals surface area contributed by atoms with E-state index in [2.05, 4.69) is 9.71 Å². The van der Waals surface area contributed by atoms with Crippen LogP contribution >= 0.6 is 11.3 Å². The number of aromatic nitrogens is 1. The second-order valence-electron chi connectivity index (χ2n) is 4.64. The first kappa shape index (κ1) is 15.0. The third-order valence-corrected chi connectivity index (χ3v) is 5.30. The highest BCUT2D eigenvalue weighted by Crippen LogP contribution is 2.21. The van der Waals surface area contributed by atoms with Crippen molar-refractivity contribution in [2.24, 2.45) is 0 Å². The number of sulfonamides is 1. The maximum atomic E-state index is 12.2. The van der Waals surface area contributed by atoms with Gasteiger partial charge in [-0.15, -0.1) is 11.3 Å². The summed E-state index contributed by atoms with van der Waals surface area (Å²) in [6.07, 6.45) is 0. The molecule has 108 valence electrons. The molecular weight excluding hydrogens is 294 g/mol. The Morgan fingerprint density at radius 2 is 2.00 bits per heavy atom. The fraction of sp³-hybridized carbons (Fsp3) is 0.308. The highest BCUT2D eigenvalue weighted by molar-refractivity contribution is 7.89. The molecule has 0 saturated heterocycles. The van der Waals surface area contributed by atoms with Crippen LogP contribution in [0.4, 0.5) is 5.69 Å². The van der Waals surface area contributed by atoms with Crippen LogP contribution in [0.1, 0.15) is 21.8 Å². The molecular formula is C13H17N3O2S2. The molecule has 0 saturated carbocycles. The summed E-state index contributed by atoms with van der Waals surface area (Å²) >= 11 is 1.49. The van der Waals surface area contributed by atoms with Crippen molar-refractivity contribution < 1.29 is 8.42 Å². The normalized spacial score (nSPS) is 11.8. The van der Waals surface area contributed by atoms with Gasteiger partial charge in [0, 0.05) is 11.1 Å². The van der Waals surface area contributed by atoms with E-state index in [1.54, 1.807) is 6.07 Å². The Balaban J connectivity index is 2.22. The molecule has 3 N–H and O–H groups in total. The Morgan fingerprint density at radius 1 is 1.30 bits per heavy atom. The molecule has 0 aliphatic heterocycles. The second-order valence-corrected chi connectivity index (χ2v) is 7.47. The van der Waals surface area contributed by atoms with Gasteiger partial charge in [-0.1, -0.05) is 0 Å². The summed E-state index contributed by atoms with van der Waals surface area (Å²) in [5.74, 6) is 0. The predicted molar refractivity (Wildman–Crippen MR) is 81.2 cm³/mol. The minimum absolute atomic E-state index is 0.180. The van der Waals surface area contributed by atoms with Crippen molar-refractivity contribution in [1.82, 2.24) is 9.71 Å². The number of thiazole rings is 1. The maximum Gasteiger partial charge on any atom is 0.241 e. The van der Waals surface area contributed by atoms with E-state index in [4.69, 9.17) is 5.73 Å². The van der Waals surface area contributed by atoms with Gasteiger partial charge in [-0.05, 0) is 44.0 Å². The van der Waals surface area contributed by atoms with Crippen molar-refractivity contribution >= 4 is 27.0 Å². The minimum Gasteiger partial charge on any atom is -0.398 e. The van der Waals surface area contributed by atoms with Crippen molar-refractivity contribution in [1.29, 1.82) is 0 Å². The number of nitrogens with two attached hydrogens (primary N) is 1. The molecule has 2 aromatic rings. The summed E-state index contributed by atoms with van der Waals surface area (Å²) in [6, 6.07) is 3.11. The van der Waals surface area contributed by atoms with Gasteiger partial charge in [-0.3, -0.25) is 0 Å². The summed E-state index contributed by atoms with van der Waals surface area (Å²) in [7, 11) is -3.58. The molecule has 0 unspecified atom stereocenters. The van der Waals surface area contributed by atoms with E-state index in [1.807, 2.05) is 26.2 Å². The highest BCUT2D eigenvalue weighted by Gasteiger charge is 2.16. The van der Waals surface area contributed by atoms with Crippen LogP contribution in [0.15, 0.2) is 22.4 Å². The molecule has 0 aliphatic rings. The van der Waals surface area contributed by atoms with Crippen molar-refractivity contribution in [2.75, 3.05) is 5.73 Å². The van der Waals surface area contributed by atoms with Gasteiger partial charge >= 0.3 is 0 Å². The number of nitrogens with zero attached hydrogens (tertiary/aromatic N) is 1. The average Bonchev–Trinajstić information content (AvgIpc) is 2.79. The monoisotopic (exact) mass is 311 g/mol. The van der Waals surface area contributed by atoms with Gasteiger partial charge in [0.25, 0.3) is 0 Å². The minimum atomic E-state index is -3.58. The number of anilines is 1. The van der Waals surface area contributed by atoms with Crippen molar-refractivity contribution in [3.05, 3.63) is 39.3 Å². The van der Waals surface area contributed by atoms with E-state index in [-0.39, 0.29) is 11.4 Å². The van der Waals surface area contributed by atoms with Gasteiger partial charge in [0.15, 0.2) is 0 Å². The lowest BCUT2D eigenvalue weighted by Gasteiger charge is -2.10. The third-order valence-electron chi connectivity index (χ3n) is 3.10. The van der Waals surface area contributed by atoms with Crippen LogP contribution in [0.5, 0.6) is 0 Å². The number of aryl methyl sites for hydroxylation is 2. The zero-order valence-electron chi connectivity index (χ0n) is 11.6. The Kier molecular flexibility index (Phi) is 4.12. The van der Waals surface area contributed by atoms with Crippen molar-refractivity contribution in [2.45, 2.75) is 32.2 Å². The van der Waals surface area contributed by atoms with Crippen molar-refractivity contribution in [3.8, 4) is 0 Å². The largest absolute Gasteiger partial charge is 0.398 e. The van der Waals surface area contributed by atoms with Crippen LogP contribution < -0.4 is 10.5 Å². The highest BCUT2D eigenvalue weighted by atomic mass is 32.2. The van der Waals surface area contributed by atoms with Crippen molar-refractivity contribution in [3.63, 3.8) is 0 Å². The molecule has 0 radical (unpaired) electrons. The van der Waals surface area contributed by atoms with Gasteiger partial charge in [0.1, 0.15) is 0 Å². The molecule has 0 atom stereocenters. The van der Waals surface area contributed by atoms with E-state index in [1.165, 1.54) is 17.4 Å². The van der Waals surface area contributed by atoms with Gasteiger partial charge in [-0.25, -0.2) is 18.1 Å². The van der Waals surface area contributed by atoms with Crippen LogP contribution in [0.3, 0.4) is 0 Å².